The second kappa shape index (κ2) is 19.4. The zero-order valence-electron chi connectivity index (χ0n) is 30.1. The number of allylic oxidation sites excluding steroid dienone is 2. The van der Waals surface area contributed by atoms with Crippen molar-refractivity contribution in [3.63, 3.8) is 0 Å². The molecule has 6 rings (SSSR count). The zero-order valence-corrected chi connectivity index (χ0v) is 34.1. The maximum atomic E-state index is 2.64. The molecule has 0 saturated heterocycles. The van der Waals surface area contributed by atoms with Crippen LogP contribution in [0.4, 0.5) is 0 Å². The van der Waals surface area contributed by atoms with E-state index in [1.165, 1.54) is 122 Å². The van der Waals surface area contributed by atoms with Crippen molar-refractivity contribution in [2.24, 2.45) is 0 Å². The van der Waals surface area contributed by atoms with E-state index in [9.17, 15) is 0 Å². The minimum absolute atomic E-state index is 0. The van der Waals surface area contributed by atoms with Gasteiger partial charge in [-0.05, 0) is 0 Å². The molecule has 4 aromatic carbocycles. The summed E-state index contributed by atoms with van der Waals surface area (Å²) in [5.74, 6) is 0. The Bertz CT molecular complexity index is 1570. The maximum absolute atomic E-state index is 2.64. The summed E-state index contributed by atoms with van der Waals surface area (Å²) >= 11 is -0.953. The quantitative estimate of drug-likeness (QED) is 0.110. The van der Waals surface area contributed by atoms with E-state index < -0.39 is 23.2 Å². The molecule has 2 aliphatic rings. The number of hydrogen-bond donors (Lipinski definition) is 0. The molecule has 0 radical (unpaired) electrons. The summed E-state index contributed by atoms with van der Waals surface area (Å²) < 4.78 is 1.29. The monoisotopic (exact) mass is 766 g/mol. The van der Waals surface area contributed by atoms with Gasteiger partial charge in [-0.2, -0.15) is 0 Å². The van der Waals surface area contributed by atoms with Gasteiger partial charge in [0, 0.05) is 0 Å². The van der Waals surface area contributed by atoms with Gasteiger partial charge in [0.05, 0.1) is 0 Å². The minimum atomic E-state index is -0.953. The van der Waals surface area contributed by atoms with Crippen LogP contribution in [0.5, 0.6) is 0 Å². The molecular formula is C46H54Cl2Zr. The first-order chi connectivity index (χ1) is 23.1. The summed E-state index contributed by atoms with van der Waals surface area (Å²) in [7, 11) is 0. The van der Waals surface area contributed by atoms with Crippen LogP contribution in [0.25, 0.3) is 34.4 Å². The molecule has 0 fully saturated rings. The van der Waals surface area contributed by atoms with Crippen molar-refractivity contribution >= 4 is 12.2 Å². The van der Waals surface area contributed by atoms with Crippen LogP contribution in [0, 0.1) is 0 Å². The fraction of sp³-hybridized carbons (Fsp3) is 0.391. The standard InChI is InChI=1S/2C23H27.2ClH.Zr/c2*1-3-5-8-18-12-14-20(15-13-18)22-11-7-10-21-16-19(9-6-4-2)17-23(21)22;;;/h2*7,10-17H,3-6,8-9H2,1-2H3;2*1H;/q;;;;+2/p-2. The van der Waals surface area contributed by atoms with Gasteiger partial charge in [0.25, 0.3) is 0 Å². The van der Waals surface area contributed by atoms with Crippen LogP contribution in [0.2, 0.25) is 0 Å². The average Bonchev–Trinajstić information content (AvgIpc) is 3.66. The molecule has 256 valence electrons. The molecule has 0 heterocycles. The van der Waals surface area contributed by atoms with Crippen molar-refractivity contribution in [1.82, 2.24) is 0 Å². The van der Waals surface area contributed by atoms with Gasteiger partial charge in [-0.1, -0.05) is 0 Å². The SMILES string of the molecule is CCCCC1=Cc2c(-c3ccc(CCCC)cc3)cccc2[CH]1[Zr+2][CH]1C(CCCC)=Cc2c(-c3ccc(CCCC)cc3)cccc21.[Cl-].[Cl-]. The zero-order chi connectivity index (χ0) is 32.6. The topological polar surface area (TPSA) is 0 Å². The average molecular weight is 769 g/mol. The molecule has 0 spiro atoms. The molecule has 2 atom stereocenters. The fourth-order valence-electron chi connectivity index (χ4n) is 7.65. The van der Waals surface area contributed by atoms with Crippen LogP contribution < -0.4 is 24.8 Å². The Balaban J connectivity index is 0.00000270. The first-order valence-corrected chi connectivity index (χ1v) is 21.6. The number of rotatable bonds is 16. The van der Waals surface area contributed by atoms with Gasteiger partial charge < -0.3 is 24.8 Å². The summed E-state index contributed by atoms with van der Waals surface area (Å²) in [6.45, 7) is 9.26. The van der Waals surface area contributed by atoms with Gasteiger partial charge in [-0.3, -0.25) is 0 Å². The number of hydrogen-bond acceptors (Lipinski definition) is 0. The molecule has 0 amide bonds. The third kappa shape index (κ3) is 9.20. The van der Waals surface area contributed by atoms with Gasteiger partial charge in [-0.15, -0.1) is 0 Å². The molecule has 2 unspecified atom stereocenters. The molecule has 49 heavy (non-hydrogen) atoms. The van der Waals surface area contributed by atoms with Crippen molar-refractivity contribution in [3.8, 4) is 22.3 Å². The fourth-order valence-corrected chi connectivity index (χ4v) is 12.8. The Hall–Kier alpha value is -2.18. The first-order valence-electron chi connectivity index (χ1n) is 18.8. The molecule has 0 aromatic heterocycles. The van der Waals surface area contributed by atoms with Crippen molar-refractivity contribution < 1.29 is 48.0 Å². The van der Waals surface area contributed by atoms with Gasteiger partial charge in [0.2, 0.25) is 0 Å². The molecule has 0 saturated carbocycles. The van der Waals surface area contributed by atoms with Gasteiger partial charge in [0.1, 0.15) is 0 Å². The number of aryl methyl sites for hydroxylation is 2. The van der Waals surface area contributed by atoms with E-state index >= 15 is 0 Å². The normalized spacial score (nSPS) is 15.8. The predicted molar refractivity (Wildman–Crippen MR) is 201 cm³/mol. The van der Waals surface area contributed by atoms with Crippen molar-refractivity contribution in [2.45, 2.75) is 112 Å². The van der Waals surface area contributed by atoms with E-state index in [1.807, 2.05) is 0 Å². The first kappa shape index (κ1) is 39.6. The smallest absolute Gasteiger partial charge is 1.00 e. The van der Waals surface area contributed by atoms with Crippen molar-refractivity contribution in [2.75, 3.05) is 0 Å². The molecule has 0 nitrogen and oxygen atoms in total. The van der Waals surface area contributed by atoms with E-state index in [1.54, 1.807) is 22.3 Å². The second-order valence-electron chi connectivity index (χ2n) is 13.9. The van der Waals surface area contributed by atoms with E-state index in [2.05, 4.69) is 125 Å². The van der Waals surface area contributed by atoms with Gasteiger partial charge >= 0.3 is 299 Å². The molecule has 3 heteroatoms. The van der Waals surface area contributed by atoms with Crippen LogP contribution in [0.15, 0.2) is 96.1 Å². The summed E-state index contributed by atoms with van der Waals surface area (Å²) in [6.07, 6.45) is 20.2. The molecule has 0 aliphatic heterocycles. The van der Waals surface area contributed by atoms with Crippen molar-refractivity contribution in [3.05, 3.63) is 129 Å². The Morgan fingerprint density at radius 3 is 1.18 bits per heavy atom. The van der Waals surface area contributed by atoms with Gasteiger partial charge in [-0.25, -0.2) is 0 Å². The van der Waals surface area contributed by atoms with E-state index in [-0.39, 0.29) is 24.8 Å². The van der Waals surface area contributed by atoms with Crippen molar-refractivity contribution in [1.29, 1.82) is 0 Å². The number of halogens is 2. The summed E-state index contributed by atoms with van der Waals surface area (Å²) in [6, 6.07) is 33.4. The maximum Gasteiger partial charge on any atom is -1.00 e. The summed E-state index contributed by atoms with van der Waals surface area (Å²) in [5, 5.41) is 0. The van der Waals surface area contributed by atoms with Crippen LogP contribution in [0.1, 0.15) is 133 Å². The number of unbranched alkanes of at least 4 members (excludes halogenated alkanes) is 4. The molecule has 0 N–H and O–H groups in total. The van der Waals surface area contributed by atoms with Crippen LogP contribution in [0.3, 0.4) is 0 Å². The molecule has 2 aliphatic carbocycles. The third-order valence-electron chi connectivity index (χ3n) is 10.4. The third-order valence-corrected chi connectivity index (χ3v) is 15.4. The van der Waals surface area contributed by atoms with E-state index in [0.717, 1.165) is 0 Å². The van der Waals surface area contributed by atoms with Crippen LogP contribution in [-0.4, -0.2) is 0 Å². The number of benzene rings is 4. The molecule has 0 bridgehead atoms. The molecular weight excluding hydrogens is 715 g/mol. The van der Waals surface area contributed by atoms with E-state index in [4.69, 9.17) is 0 Å². The molecule has 4 aromatic rings. The Morgan fingerprint density at radius 1 is 0.449 bits per heavy atom. The number of fused-ring (bicyclic) bond motifs is 2. The van der Waals surface area contributed by atoms with Gasteiger partial charge in [0.15, 0.2) is 0 Å². The summed E-state index contributed by atoms with van der Waals surface area (Å²) in [5.41, 5.74) is 18.3. The Kier molecular flexibility index (Phi) is 15.7. The largest absolute Gasteiger partial charge is 1.00 e. The van der Waals surface area contributed by atoms with Crippen LogP contribution >= 0.6 is 0 Å². The second-order valence-corrected chi connectivity index (χ2v) is 17.6. The van der Waals surface area contributed by atoms with E-state index in [0.29, 0.717) is 7.25 Å². The Morgan fingerprint density at radius 2 is 0.816 bits per heavy atom. The Labute approximate surface area is 321 Å². The predicted octanol–water partition coefficient (Wildman–Crippen LogP) is 7.75. The summed E-state index contributed by atoms with van der Waals surface area (Å²) in [4.78, 5) is 0. The minimum Gasteiger partial charge on any atom is -1.00 e. The van der Waals surface area contributed by atoms with Crippen LogP contribution in [-0.2, 0) is 36.1 Å².